The van der Waals surface area contributed by atoms with E-state index >= 15 is 0 Å². The summed E-state index contributed by atoms with van der Waals surface area (Å²) in [6, 6.07) is 0. The number of rotatable bonds is 8. The Morgan fingerprint density at radius 2 is 0.493 bits per heavy atom. The van der Waals surface area contributed by atoms with E-state index in [1.54, 1.807) is 0 Å². The van der Waals surface area contributed by atoms with E-state index in [-0.39, 0.29) is 0 Å². The molecular weight excluding hydrogens is 948 g/mol. The highest BCUT2D eigenvalue weighted by molar-refractivity contribution is 5.01. The lowest BCUT2D eigenvalue weighted by Crippen LogP contribution is -2.69. The van der Waals surface area contributed by atoms with E-state index in [1.165, 1.54) is 0 Å². The first-order valence-corrected chi connectivity index (χ1v) is 22.0. The maximum atomic E-state index is 11.6. The largest absolute Gasteiger partial charge is 0.394 e. The summed E-state index contributed by atoms with van der Waals surface area (Å²) in [5, 5.41) is 186. The van der Waals surface area contributed by atoms with Gasteiger partial charge in [0.15, 0.2) is 37.7 Å². The molecule has 30 atom stereocenters. The lowest BCUT2D eigenvalue weighted by molar-refractivity contribution is -0.404. The van der Waals surface area contributed by atoms with Crippen LogP contribution in [0, 0.1) is 12.3 Å². The zero-order valence-corrected chi connectivity index (χ0v) is 36.3. The van der Waals surface area contributed by atoms with Crippen molar-refractivity contribution in [3.05, 3.63) is 0 Å². The Balaban J connectivity index is 1.21. The molecule has 0 saturated carbocycles. The van der Waals surface area contributed by atoms with Crippen molar-refractivity contribution in [2.24, 2.45) is 0 Å². The van der Waals surface area contributed by atoms with Crippen molar-refractivity contribution in [2.75, 3.05) is 46.2 Å². The van der Waals surface area contributed by atoms with Gasteiger partial charge in [0.2, 0.25) is 0 Å². The zero-order chi connectivity index (χ0) is 50.2. The number of hydrogen-bond donors (Lipinski definition) is 17. The van der Waals surface area contributed by atoms with Crippen LogP contribution in [0.1, 0.15) is 0 Å². The lowest BCUT2D eigenvalue weighted by Gasteiger charge is -2.51. The Hall–Kier alpha value is -1.64. The molecule has 69 heavy (non-hydrogen) atoms. The summed E-state index contributed by atoms with van der Waals surface area (Å²) in [6.07, 6.45) is -52.1. The summed E-state index contributed by atoms with van der Waals surface area (Å²) < 4.78 is 74.5. The van der Waals surface area contributed by atoms with Crippen LogP contribution in [0.3, 0.4) is 0 Å². The molecule has 0 aliphatic carbocycles. The molecule has 17 N–H and O–H groups in total. The van der Waals surface area contributed by atoms with E-state index in [1.807, 2.05) is 0 Å². The summed E-state index contributed by atoms with van der Waals surface area (Å²) >= 11 is 0. The third-order valence-corrected chi connectivity index (χ3v) is 13.0. The Bertz CT molecular complexity index is 1640. The molecule has 0 spiro atoms. The van der Waals surface area contributed by atoms with Gasteiger partial charge in [-0.05, 0) is 0 Å². The molecule has 398 valence electrons. The smallest absolute Gasteiger partial charge is 0.187 e. The van der Waals surface area contributed by atoms with Crippen molar-refractivity contribution in [3.63, 3.8) is 0 Å². The molecule has 22 aliphatic heterocycles. The minimum Gasteiger partial charge on any atom is -0.394 e. The van der Waals surface area contributed by atoms with Crippen molar-refractivity contribution in [2.45, 2.75) is 184 Å². The zero-order valence-electron chi connectivity index (χ0n) is 36.3. The third-order valence-electron chi connectivity index (χ3n) is 13.0. The summed E-state index contributed by atoms with van der Waals surface area (Å²) in [5.41, 5.74) is 0. The van der Waals surface area contributed by atoms with E-state index in [9.17, 15) is 86.8 Å². The van der Waals surface area contributed by atoms with Crippen molar-refractivity contribution in [1.29, 1.82) is 0 Å². The van der Waals surface area contributed by atoms with Gasteiger partial charge in [-0.3, -0.25) is 0 Å². The standard InChI is InChI=1S/C39H62O30/c1-2-3-57-33-26(56)39-63-15(9-45)32(33)69-38-25(55)20(50)30(13(7-43)62-38)67-36-23(53)18(48)28(11(5-41)60-36)65-34-21(51)16(46)27(10(4-40)58-34)64-35-22(52)17(47)29(12(6-42)59-35)66-37-24(54)19(49)31(68-39)14(8-44)61-37/h1,10-56H,3-9H2/t10-,11-,12-,13-,14-,15-,16-,17-,18-,19-,20-,21-,22-,23-,24-,25-,26-,27-,28-,29-,30-,31-,32+,33-,34-,35-,36-,37-,38-,39-/m1/s1. The molecule has 22 fully saturated rings. The molecular formula is C39H62O30. The Labute approximate surface area is 391 Å². The van der Waals surface area contributed by atoms with Gasteiger partial charge in [0.25, 0.3) is 0 Å². The van der Waals surface area contributed by atoms with Crippen molar-refractivity contribution in [1.82, 2.24) is 0 Å². The second-order valence-electron chi connectivity index (χ2n) is 17.3. The highest BCUT2D eigenvalue weighted by Crippen LogP contribution is 2.38. The Kier molecular flexibility index (Phi) is 18.9. The number of ether oxygens (including phenoxy) is 13. The number of terminal acetylenes is 1. The maximum absolute atomic E-state index is 11.6. The molecule has 22 saturated heterocycles. The molecule has 0 aromatic carbocycles. The molecule has 30 heteroatoms. The normalized spacial score (nSPS) is 53.3. The molecule has 0 aromatic heterocycles. The molecule has 12 bridgehead atoms. The van der Waals surface area contributed by atoms with E-state index in [4.69, 9.17) is 68.0 Å². The van der Waals surface area contributed by atoms with E-state index < -0.39 is 230 Å². The maximum Gasteiger partial charge on any atom is 0.187 e. The predicted molar refractivity (Wildman–Crippen MR) is 208 cm³/mol. The van der Waals surface area contributed by atoms with Crippen LogP contribution >= 0.6 is 0 Å². The molecule has 0 unspecified atom stereocenters. The Morgan fingerprint density at radius 1 is 0.290 bits per heavy atom. The van der Waals surface area contributed by atoms with Gasteiger partial charge in [-0.1, -0.05) is 5.92 Å². The number of hydrogen-bond acceptors (Lipinski definition) is 30. The summed E-state index contributed by atoms with van der Waals surface area (Å²) in [6.45, 7) is -6.47. The van der Waals surface area contributed by atoms with Crippen LogP contribution in [0.2, 0.25) is 0 Å². The highest BCUT2D eigenvalue weighted by Gasteiger charge is 2.59. The van der Waals surface area contributed by atoms with Crippen LogP contribution in [-0.4, -0.2) is 317 Å². The predicted octanol–water partition coefficient (Wildman–Crippen LogP) is -12.4. The van der Waals surface area contributed by atoms with E-state index in [2.05, 4.69) is 5.92 Å². The molecule has 0 amide bonds. The van der Waals surface area contributed by atoms with Gasteiger partial charge in [-0.2, -0.15) is 0 Å². The fourth-order valence-electron chi connectivity index (χ4n) is 9.25. The van der Waals surface area contributed by atoms with Gasteiger partial charge in [0, 0.05) is 0 Å². The lowest BCUT2D eigenvalue weighted by atomic mass is 9.94. The molecule has 22 heterocycles. The fourth-order valence-corrected chi connectivity index (χ4v) is 9.25. The second-order valence-corrected chi connectivity index (χ2v) is 17.3. The minimum absolute atomic E-state index is 0.534. The molecule has 22 aliphatic rings. The quantitative estimate of drug-likeness (QED) is 0.100. The molecule has 0 aromatic rings. The SMILES string of the molecule is C#CCO[C@@H]1[C@@H](O)[C@H]2O[C@H]3[C@H](O)[C@@H](O)[C@@H](O[C@H]4[C@H](O)[C@@H](O)[C@@H](O[C@H]5[C@H](O)[C@@H](O)[C@@H](O[C@H]6[C@H](O)[C@@H](O)[C@@H](O[C@H]7[C@H](O)[C@@H](O)[C@@H](O[C@H]1[C@@H](CO)O2)O[C@@H]7CO)O[C@@H]6CO)O[C@@H]5CO)O[C@@H]4CO)O[C@@H]3CO. The molecule has 0 radical (unpaired) electrons. The number of aliphatic hydroxyl groups is 17. The Morgan fingerprint density at radius 3 is 0.710 bits per heavy atom. The number of aliphatic hydroxyl groups excluding tert-OH is 17. The topological polar surface area (TPSA) is 464 Å². The van der Waals surface area contributed by atoms with Gasteiger partial charge >= 0.3 is 0 Å². The van der Waals surface area contributed by atoms with Crippen LogP contribution in [0.5, 0.6) is 0 Å². The summed E-state index contributed by atoms with van der Waals surface area (Å²) in [7, 11) is 0. The van der Waals surface area contributed by atoms with Crippen LogP contribution in [0.25, 0.3) is 0 Å². The van der Waals surface area contributed by atoms with Gasteiger partial charge in [0.05, 0.1) is 39.6 Å². The fraction of sp³-hybridized carbons (Fsp3) is 0.949. The van der Waals surface area contributed by atoms with E-state index in [0.717, 1.165) is 0 Å². The average molecular weight is 1010 g/mol. The van der Waals surface area contributed by atoms with Gasteiger partial charge in [0.1, 0.15) is 153 Å². The van der Waals surface area contributed by atoms with Gasteiger partial charge in [-0.15, -0.1) is 6.42 Å². The highest BCUT2D eigenvalue weighted by atomic mass is 16.8. The monoisotopic (exact) mass is 1010 g/mol. The minimum atomic E-state index is -2.15. The van der Waals surface area contributed by atoms with Crippen LogP contribution < -0.4 is 0 Å². The average Bonchev–Trinajstić information content (AvgIpc) is 3.34. The van der Waals surface area contributed by atoms with Gasteiger partial charge < -0.3 is 148 Å². The van der Waals surface area contributed by atoms with Crippen LogP contribution in [-0.2, 0) is 61.6 Å². The first-order chi connectivity index (χ1) is 33.0. The molecule has 22 rings (SSSR count). The second kappa shape index (κ2) is 23.7. The first kappa shape index (κ1) is 55.1. The summed E-state index contributed by atoms with van der Waals surface area (Å²) in [4.78, 5) is 0. The molecule has 30 nitrogen and oxygen atoms in total. The van der Waals surface area contributed by atoms with Gasteiger partial charge in [-0.25, -0.2) is 0 Å². The summed E-state index contributed by atoms with van der Waals surface area (Å²) in [5.74, 6) is 2.18. The third kappa shape index (κ3) is 11.0. The van der Waals surface area contributed by atoms with Crippen molar-refractivity contribution in [3.8, 4) is 12.3 Å². The van der Waals surface area contributed by atoms with Crippen molar-refractivity contribution >= 4 is 0 Å². The first-order valence-electron chi connectivity index (χ1n) is 22.0. The van der Waals surface area contributed by atoms with Crippen LogP contribution in [0.4, 0.5) is 0 Å². The van der Waals surface area contributed by atoms with E-state index in [0.29, 0.717) is 0 Å². The van der Waals surface area contributed by atoms with Crippen molar-refractivity contribution < 1.29 is 148 Å². The van der Waals surface area contributed by atoms with Crippen LogP contribution in [0.15, 0.2) is 0 Å².